The lowest BCUT2D eigenvalue weighted by Crippen LogP contribution is -2.42. The van der Waals surface area contributed by atoms with E-state index in [-0.39, 0.29) is 24.0 Å². The van der Waals surface area contributed by atoms with E-state index in [0.717, 1.165) is 11.1 Å². The number of alkyl carbamates (subject to hydrolysis) is 1. The van der Waals surface area contributed by atoms with Gasteiger partial charge < -0.3 is 30.2 Å². The molecule has 1 aromatic carbocycles. The van der Waals surface area contributed by atoms with Crippen molar-refractivity contribution in [3.8, 4) is 0 Å². The van der Waals surface area contributed by atoms with E-state index >= 15 is 0 Å². The Hall–Kier alpha value is -1.59. The SMILES string of the molecule is CCOCCOCc1cccc(CNC(=NC)NCCNC(=O)OC(C)(C)C)c1.I. The van der Waals surface area contributed by atoms with Gasteiger partial charge in [0.05, 0.1) is 19.8 Å². The second kappa shape index (κ2) is 16.1. The maximum atomic E-state index is 11.6. The molecule has 0 aromatic heterocycles. The maximum Gasteiger partial charge on any atom is 0.407 e. The third kappa shape index (κ3) is 14.4. The van der Waals surface area contributed by atoms with Gasteiger partial charge in [-0.15, -0.1) is 24.0 Å². The first-order valence-corrected chi connectivity index (χ1v) is 9.98. The van der Waals surface area contributed by atoms with Crippen molar-refractivity contribution in [2.45, 2.75) is 46.4 Å². The van der Waals surface area contributed by atoms with Crippen LogP contribution in [0.3, 0.4) is 0 Å². The van der Waals surface area contributed by atoms with Crippen LogP contribution in [0.15, 0.2) is 29.3 Å². The standard InChI is InChI=1S/C21H36N4O4.HI/c1-6-27-12-13-28-16-18-9-7-8-17(14-18)15-25-19(22-5)23-10-11-24-20(26)29-21(2,3)4;/h7-9,14H,6,10-13,15-16H2,1-5H3,(H,24,26)(H2,22,23,25);1H. The van der Waals surface area contributed by atoms with Crippen molar-refractivity contribution in [3.05, 3.63) is 35.4 Å². The number of nitrogens with zero attached hydrogens (tertiary/aromatic N) is 1. The molecule has 0 heterocycles. The normalized spacial score (nSPS) is 11.4. The Balaban J connectivity index is 0.00000841. The number of rotatable bonds is 11. The van der Waals surface area contributed by atoms with Crippen LogP contribution in [-0.4, -0.2) is 57.6 Å². The lowest BCUT2D eigenvalue weighted by atomic mass is 10.1. The van der Waals surface area contributed by atoms with Gasteiger partial charge in [0.25, 0.3) is 0 Å². The van der Waals surface area contributed by atoms with Crippen LogP contribution in [-0.2, 0) is 27.4 Å². The fraction of sp³-hybridized carbons (Fsp3) is 0.619. The van der Waals surface area contributed by atoms with Crippen LogP contribution in [0.4, 0.5) is 4.79 Å². The van der Waals surface area contributed by atoms with Crippen LogP contribution in [0.5, 0.6) is 0 Å². The molecule has 0 aliphatic rings. The van der Waals surface area contributed by atoms with Gasteiger partial charge in [0.15, 0.2) is 5.96 Å². The molecule has 1 amide bonds. The van der Waals surface area contributed by atoms with E-state index in [1.54, 1.807) is 7.05 Å². The highest BCUT2D eigenvalue weighted by atomic mass is 127. The number of ether oxygens (including phenoxy) is 3. The van der Waals surface area contributed by atoms with Gasteiger partial charge in [0.2, 0.25) is 0 Å². The molecule has 0 radical (unpaired) electrons. The van der Waals surface area contributed by atoms with Crippen LogP contribution >= 0.6 is 24.0 Å². The van der Waals surface area contributed by atoms with Gasteiger partial charge in [0, 0.05) is 33.3 Å². The van der Waals surface area contributed by atoms with E-state index in [0.29, 0.717) is 52.0 Å². The molecule has 0 unspecified atom stereocenters. The van der Waals surface area contributed by atoms with Crippen molar-refractivity contribution in [1.29, 1.82) is 0 Å². The van der Waals surface area contributed by atoms with E-state index in [4.69, 9.17) is 14.2 Å². The largest absolute Gasteiger partial charge is 0.444 e. The summed E-state index contributed by atoms with van der Waals surface area (Å²) in [6.45, 7) is 11.5. The zero-order valence-electron chi connectivity index (χ0n) is 18.7. The number of hydrogen-bond donors (Lipinski definition) is 3. The molecule has 0 aliphatic heterocycles. The van der Waals surface area contributed by atoms with Crippen molar-refractivity contribution in [2.24, 2.45) is 4.99 Å². The summed E-state index contributed by atoms with van der Waals surface area (Å²) in [5.74, 6) is 0.661. The summed E-state index contributed by atoms with van der Waals surface area (Å²) >= 11 is 0. The number of hydrogen-bond acceptors (Lipinski definition) is 5. The molecular formula is C21H37IN4O4. The molecule has 0 spiro atoms. The first-order chi connectivity index (χ1) is 13.8. The molecule has 172 valence electrons. The van der Waals surface area contributed by atoms with Gasteiger partial charge in [0.1, 0.15) is 5.60 Å². The number of amides is 1. The van der Waals surface area contributed by atoms with Gasteiger partial charge in [-0.1, -0.05) is 24.3 Å². The third-order valence-electron chi connectivity index (χ3n) is 3.61. The number of carbonyl (C=O) groups excluding carboxylic acids is 1. The molecule has 9 heteroatoms. The molecule has 0 atom stereocenters. The van der Waals surface area contributed by atoms with Gasteiger partial charge in [-0.2, -0.15) is 0 Å². The topological polar surface area (TPSA) is 93.2 Å². The molecule has 1 rings (SSSR count). The minimum atomic E-state index is -0.502. The molecule has 3 N–H and O–H groups in total. The monoisotopic (exact) mass is 536 g/mol. The van der Waals surface area contributed by atoms with Crippen molar-refractivity contribution in [1.82, 2.24) is 16.0 Å². The van der Waals surface area contributed by atoms with Gasteiger partial charge in [-0.3, -0.25) is 4.99 Å². The molecule has 8 nitrogen and oxygen atoms in total. The van der Waals surface area contributed by atoms with Gasteiger partial charge in [-0.05, 0) is 38.8 Å². The van der Waals surface area contributed by atoms with E-state index in [2.05, 4.69) is 27.0 Å². The molecule has 0 fully saturated rings. The number of halogens is 1. The first-order valence-electron chi connectivity index (χ1n) is 9.98. The number of nitrogens with one attached hydrogen (secondary N) is 3. The van der Waals surface area contributed by atoms with Crippen molar-refractivity contribution in [3.63, 3.8) is 0 Å². The molecule has 0 bridgehead atoms. The Morgan fingerprint density at radius 3 is 2.37 bits per heavy atom. The van der Waals surface area contributed by atoms with E-state index in [9.17, 15) is 4.79 Å². The summed E-state index contributed by atoms with van der Waals surface area (Å²) in [7, 11) is 1.71. The quantitative estimate of drug-likeness (QED) is 0.174. The Bertz CT molecular complexity index is 636. The van der Waals surface area contributed by atoms with Crippen molar-refractivity contribution in [2.75, 3.05) is 40.0 Å². The second-order valence-electron chi connectivity index (χ2n) is 7.35. The number of benzene rings is 1. The zero-order chi connectivity index (χ0) is 21.5. The van der Waals surface area contributed by atoms with E-state index in [1.165, 1.54) is 0 Å². The van der Waals surface area contributed by atoms with Crippen LogP contribution < -0.4 is 16.0 Å². The summed E-state index contributed by atoms with van der Waals surface area (Å²) in [4.78, 5) is 15.8. The van der Waals surface area contributed by atoms with Gasteiger partial charge >= 0.3 is 6.09 Å². The smallest absolute Gasteiger partial charge is 0.407 e. The Morgan fingerprint density at radius 2 is 1.70 bits per heavy atom. The first kappa shape index (κ1) is 28.4. The zero-order valence-corrected chi connectivity index (χ0v) is 21.1. The van der Waals surface area contributed by atoms with Crippen LogP contribution in [0.2, 0.25) is 0 Å². The predicted molar refractivity (Wildman–Crippen MR) is 130 cm³/mol. The summed E-state index contributed by atoms with van der Waals surface area (Å²) in [5.41, 5.74) is 1.74. The second-order valence-corrected chi connectivity index (χ2v) is 7.35. The molecule has 0 aliphatic carbocycles. The van der Waals surface area contributed by atoms with E-state index in [1.807, 2.05) is 45.9 Å². The summed E-state index contributed by atoms with van der Waals surface area (Å²) < 4.78 is 16.1. The number of carbonyl (C=O) groups is 1. The Labute approximate surface area is 197 Å². The molecule has 30 heavy (non-hydrogen) atoms. The molecular weight excluding hydrogens is 499 g/mol. The predicted octanol–water partition coefficient (Wildman–Crippen LogP) is 3.05. The minimum absolute atomic E-state index is 0. The Morgan fingerprint density at radius 1 is 1.03 bits per heavy atom. The highest BCUT2D eigenvalue weighted by Gasteiger charge is 2.15. The van der Waals surface area contributed by atoms with Crippen molar-refractivity contribution < 1.29 is 19.0 Å². The lowest BCUT2D eigenvalue weighted by Gasteiger charge is -2.20. The Kier molecular flexibility index (Phi) is 15.3. The fourth-order valence-corrected chi connectivity index (χ4v) is 2.35. The van der Waals surface area contributed by atoms with Crippen LogP contribution in [0, 0.1) is 0 Å². The lowest BCUT2D eigenvalue weighted by molar-refractivity contribution is 0.0453. The van der Waals surface area contributed by atoms with Crippen LogP contribution in [0.25, 0.3) is 0 Å². The number of guanidine groups is 1. The molecule has 1 aromatic rings. The minimum Gasteiger partial charge on any atom is -0.444 e. The third-order valence-corrected chi connectivity index (χ3v) is 3.61. The van der Waals surface area contributed by atoms with E-state index < -0.39 is 11.7 Å². The average molecular weight is 536 g/mol. The maximum absolute atomic E-state index is 11.6. The number of aliphatic imine (C=N–C) groups is 1. The van der Waals surface area contributed by atoms with Gasteiger partial charge in [-0.25, -0.2) is 4.79 Å². The molecule has 0 saturated carbocycles. The fourth-order valence-electron chi connectivity index (χ4n) is 2.35. The van der Waals surface area contributed by atoms with Crippen LogP contribution in [0.1, 0.15) is 38.8 Å². The summed E-state index contributed by atoms with van der Waals surface area (Å²) in [6, 6.07) is 8.21. The highest BCUT2D eigenvalue weighted by molar-refractivity contribution is 14.0. The van der Waals surface area contributed by atoms with Crippen molar-refractivity contribution >= 4 is 36.0 Å². The molecule has 0 saturated heterocycles. The summed E-state index contributed by atoms with van der Waals surface area (Å²) in [6.07, 6.45) is -0.428. The average Bonchev–Trinajstić information content (AvgIpc) is 2.66. The highest BCUT2D eigenvalue weighted by Crippen LogP contribution is 2.07. The summed E-state index contributed by atoms with van der Waals surface area (Å²) in [5, 5.41) is 9.12.